The molecule has 0 spiro atoms. The topological polar surface area (TPSA) is 68.5 Å². The van der Waals surface area contributed by atoms with Gasteiger partial charge in [-0.1, -0.05) is 0 Å². The van der Waals surface area contributed by atoms with E-state index in [1.165, 1.54) is 37.5 Å². The van der Waals surface area contributed by atoms with Gasteiger partial charge in [0.25, 0.3) is 0 Å². The molecule has 3 rings (SSSR count). The van der Waals surface area contributed by atoms with Crippen molar-refractivity contribution in [3.8, 4) is 5.75 Å². The van der Waals surface area contributed by atoms with Gasteiger partial charge in [-0.25, -0.2) is 9.18 Å². The monoisotopic (exact) mass is 339 g/mol. The van der Waals surface area contributed by atoms with Crippen molar-refractivity contribution >= 4 is 28.6 Å². The van der Waals surface area contributed by atoms with Gasteiger partial charge in [0.1, 0.15) is 17.1 Å². The van der Waals surface area contributed by atoms with E-state index in [-0.39, 0.29) is 5.56 Å². The number of rotatable bonds is 4. The molecule has 0 radical (unpaired) electrons. The van der Waals surface area contributed by atoms with E-state index in [2.05, 4.69) is 5.32 Å². The lowest BCUT2D eigenvalue weighted by Crippen LogP contribution is -2.07. The number of halogens is 1. The van der Waals surface area contributed by atoms with Crippen molar-refractivity contribution in [1.82, 2.24) is 0 Å². The van der Waals surface area contributed by atoms with Gasteiger partial charge >= 0.3 is 5.63 Å². The Labute approximate surface area is 142 Å². The highest BCUT2D eigenvalue weighted by Gasteiger charge is 2.04. The highest BCUT2D eigenvalue weighted by Crippen LogP contribution is 2.19. The molecule has 0 saturated carbocycles. The van der Waals surface area contributed by atoms with Crippen molar-refractivity contribution in [2.75, 3.05) is 12.4 Å². The number of carbonyl (C=O) groups excluding carboxylic acids is 1. The summed E-state index contributed by atoms with van der Waals surface area (Å²) in [6.07, 6.45) is 2.62. The Hall–Kier alpha value is -3.41. The standard InChI is InChI=1S/C19H14FNO4/c1-24-15-6-2-12(16(20)11-15)3-8-18(22)21-14-5-7-17-13(10-14)4-9-19(23)25-17/h2-11H,1H3,(H,21,22)/b8-3+. The SMILES string of the molecule is COc1ccc(/C=C/C(=O)Nc2ccc3oc(=O)ccc3c2)c(F)c1. The normalized spacial score (nSPS) is 11.0. The zero-order valence-electron chi connectivity index (χ0n) is 13.3. The minimum atomic E-state index is -0.482. The number of anilines is 1. The van der Waals surface area contributed by atoms with Crippen LogP contribution in [0.2, 0.25) is 0 Å². The minimum Gasteiger partial charge on any atom is -0.497 e. The molecular formula is C19H14FNO4. The number of ether oxygens (including phenoxy) is 1. The second-order valence-corrected chi connectivity index (χ2v) is 5.22. The fourth-order valence-corrected chi connectivity index (χ4v) is 2.27. The van der Waals surface area contributed by atoms with E-state index >= 15 is 0 Å². The number of carbonyl (C=O) groups is 1. The molecule has 0 aliphatic heterocycles. The minimum absolute atomic E-state index is 0.274. The number of amides is 1. The average molecular weight is 339 g/mol. The number of nitrogens with one attached hydrogen (secondary N) is 1. The lowest BCUT2D eigenvalue weighted by atomic mass is 10.2. The summed E-state index contributed by atoms with van der Waals surface area (Å²) in [7, 11) is 1.45. The van der Waals surface area contributed by atoms with Crippen LogP contribution in [-0.2, 0) is 4.79 Å². The Morgan fingerprint density at radius 1 is 1.16 bits per heavy atom. The van der Waals surface area contributed by atoms with Crippen LogP contribution in [0.4, 0.5) is 10.1 Å². The summed E-state index contributed by atoms with van der Waals surface area (Å²) >= 11 is 0. The van der Waals surface area contributed by atoms with Gasteiger partial charge in [0.2, 0.25) is 5.91 Å². The van der Waals surface area contributed by atoms with Crippen LogP contribution >= 0.6 is 0 Å². The summed E-state index contributed by atoms with van der Waals surface area (Å²) in [4.78, 5) is 23.1. The van der Waals surface area contributed by atoms with Gasteiger partial charge in [0.15, 0.2) is 0 Å². The number of fused-ring (bicyclic) bond motifs is 1. The maximum Gasteiger partial charge on any atom is 0.336 e. The molecule has 0 unspecified atom stereocenters. The van der Waals surface area contributed by atoms with Crippen LogP contribution in [0.1, 0.15) is 5.56 Å². The molecule has 5 nitrogen and oxygen atoms in total. The first kappa shape index (κ1) is 16.4. The molecule has 126 valence electrons. The fraction of sp³-hybridized carbons (Fsp3) is 0.0526. The van der Waals surface area contributed by atoms with Crippen LogP contribution in [0, 0.1) is 5.82 Å². The number of hydrogen-bond donors (Lipinski definition) is 1. The molecule has 1 amide bonds. The van der Waals surface area contributed by atoms with E-state index in [4.69, 9.17) is 9.15 Å². The van der Waals surface area contributed by atoms with Crippen LogP contribution in [0.15, 0.2) is 63.8 Å². The molecule has 0 aliphatic rings. The highest BCUT2D eigenvalue weighted by molar-refractivity contribution is 6.02. The van der Waals surface area contributed by atoms with Gasteiger partial charge < -0.3 is 14.5 Å². The molecule has 0 fully saturated rings. The molecule has 6 heteroatoms. The largest absolute Gasteiger partial charge is 0.497 e. The molecule has 0 atom stereocenters. The highest BCUT2D eigenvalue weighted by atomic mass is 19.1. The quantitative estimate of drug-likeness (QED) is 0.582. The third-order valence-corrected chi connectivity index (χ3v) is 3.51. The van der Waals surface area contributed by atoms with Gasteiger partial charge in [-0.2, -0.15) is 0 Å². The smallest absolute Gasteiger partial charge is 0.336 e. The Balaban J connectivity index is 1.74. The number of methoxy groups -OCH3 is 1. The summed E-state index contributed by atoms with van der Waals surface area (Å²) in [5.41, 5.74) is 0.803. The third-order valence-electron chi connectivity index (χ3n) is 3.51. The first-order valence-electron chi connectivity index (χ1n) is 7.42. The molecule has 0 aliphatic carbocycles. The molecule has 0 bridgehead atoms. The van der Waals surface area contributed by atoms with E-state index in [9.17, 15) is 14.0 Å². The summed E-state index contributed by atoms with van der Waals surface area (Å²) in [6, 6.07) is 12.2. The molecule has 2 aromatic carbocycles. The second-order valence-electron chi connectivity index (χ2n) is 5.22. The summed E-state index contributed by atoms with van der Waals surface area (Å²) in [6.45, 7) is 0. The molecule has 1 heterocycles. The first-order valence-corrected chi connectivity index (χ1v) is 7.42. The van der Waals surface area contributed by atoms with Gasteiger partial charge in [-0.15, -0.1) is 0 Å². The Bertz CT molecular complexity index is 1020. The number of hydrogen-bond acceptors (Lipinski definition) is 4. The number of benzene rings is 2. The second kappa shape index (κ2) is 7.00. The molecule has 0 saturated heterocycles. The molecule has 25 heavy (non-hydrogen) atoms. The van der Waals surface area contributed by atoms with Crippen molar-refractivity contribution in [2.24, 2.45) is 0 Å². The maximum atomic E-state index is 13.8. The van der Waals surface area contributed by atoms with Gasteiger partial charge in [0, 0.05) is 34.8 Å². The predicted octanol–water partition coefficient (Wildman–Crippen LogP) is 3.59. The molecule has 1 aromatic heterocycles. The fourth-order valence-electron chi connectivity index (χ4n) is 2.27. The van der Waals surface area contributed by atoms with Crippen molar-refractivity contribution < 1.29 is 18.3 Å². The van der Waals surface area contributed by atoms with E-state index in [1.54, 1.807) is 30.3 Å². The van der Waals surface area contributed by atoms with Gasteiger partial charge in [-0.05, 0) is 42.5 Å². The van der Waals surface area contributed by atoms with Crippen LogP contribution in [0.3, 0.4) is 0 Å². The maximum absolute atomic E-state index is 13.8. The Kier molecular flexibility index (Phi) is 4.61. The van der Waals surface area contributed by atoms with E-state index in [1.807, 2.05) is 0 Å². The van der Waals surface area contributed by atoms with Crippen LogP contribution in [0.5, 0.6) is 5.75 Å². The summed E-state index contributed by atoms with van der Waals surface area (Å²) in [5, 5.41) is 3.35. The zero-order chi connectivity index (χ0) is 17.8. The molecular weight excluding hydrogens is 325 g/mol. The van der Waals surface area contributed by atoms with E-state index < -0.39 is 17.3 Å². The van der Waals surface area contributed by atoms with Crippen LogP contribution in [-0.4, -0.2) is 13.0 Å². The lowest BCUT2D eigenvalue weighted by molar-refractivity contribution is -0.111. The Morgan fingerprint density at radius 2 is 2.00 bits per heavy atom. The average Bonchev–Trinajstić information content (AvgIpc) is 2.60. The van der Waals surface area contributed by atoms with E-state index in [0.29, 0.717) is 22.4 Å². The van der Waals surface area contributed by atoms with Crippen molar-refractivity contribution in [3.63, 3.8) is 0 Å². The zero-order valence-corrected chi connectivity index (χ0v) is 13.3. The van der Waals surface area contributed by atoms with Crippen molar-refractivity contribution in [2.45, 2.75) is 0 Å². The van der Waals surface area contributed by atoms with Crippen LogP contribution < -0.4 is 15.7 Å². The van der Waals surface area contributed by atoms with Crippen molar-refractivity contribution in [3.05, 3.63) is 76.4 Å². The summed E-state index contributed by atoms with van der Waals surface area (Å²) in [5.74, 6) is -0.488. The van der Waals surface area contributed by atoms with Gasteiger partial charge in [-0.3, -0.25) is 4.79 Å². The first-order chi connectivity index (χ1) is 12.0. The van der Waals surface area contributed by atoms with Gasteiger partial charge in [0.05, 0.1) is 7.11 Å². The van der Waals surface area contributed by atoms with Crippen molar-refractivity contribution in [1.29, 1.82) is 0 Å². The molecule has 1 N–H and O–H groups in total. The predicted molar refractivity (Wildman–Crippen MR) is 93.1 cm³/mol. The Morgan fingerprint density at radius 3 is 2.76 bits per heavy atom. The summed E-state index contributed by atoms with van der Waals surface area (Å²) < 4.78 is 23.8. The van der Waals surface area contributed by atoms with Crippen LogP contribution in [0.25, 0.3) is 17.0 Å². The molecule has 3 aromatic rings. The third kappa shape index (κ3) is 3.92. The van der Waals surface area contributed by atoms with E-state index in [0.717, 1.165) is 0 Å². The lowest BCUT2D eigenvalue weighted by Gasteiger charge is -2.04.